The molecule has 170 valence electrons. The molecule has 2 N–H and O–H groups in total. The fourth-order valence-corrected chi connectivity index (χ4v) is 6.68. The van der Waals surface area contributed by atoms with Gasteiger partial charge in [0, 0.05) is 11.8 Å². The fraction of sp³-hybridized carbons (Fsp3) is 0.462. The van der Waals surface area contributed by atoms with E-state index in [0.29, 0.717) is 23.3 Å². The van der Waals surface area contributed by atoms with Crippen molar-refractivity contribution in [2.75, 3.05) is 0 Å². The molecule has 2 aromatic rings. The summed E-state index contributed by atoms with van der Waals surface area (Å²) in [6, 6.07) is 10.7. The SMILES string of the molecule is Cc1c(/C=N/C(=O)NC23CC4CC(CC(C4)C2)C3)c(O)n(Cc2ccccc2)c(=O)c1C#N. The molecular formula is C26H28N4O3. The number of rotatable bonds is 4. The lowest BCUT2D eigenvalue weighted by Crippen LogP contribution is -2.59. The number of pyridine rings is 1. The molecule has 2 amide bonds. The first-order chi connectivity index (χ1) is 15.9. The highest BCUT2D eigenvalue weighted by Crippen LogP contribution is 2.55. The lowest BCUT2D eigenvalue weighted by atomic mass is 9.53. The van der Waals surface area contributed by atoms with Crippen molar-refractivity contribution in [3.8, 4) is 11.9 Å². The standard InChI is InChI=1S/C26H28N4O3/c1-16-21(13-27)23(31)30(15-17-5-3-2-4-6-17)24(32)22(16)14-28-25(33)29-26-10-18-7-19(11-26)9-20(8-18)12-26/h2-6,14,18-20,32H,7-12,15H2,1H3,(H,29,33)/b28-14+. The number of carbonyl (C=O) groups is 1. The summed E-state index contributed by atoms with van der Waals surface area (Å²) in [5.41, 5.74) is 0.547. The van der Waals surface area contributed by atoms with Crippen LogP contribution in [0.1, 0.15) is 60.8 Å². The number of carbonyl (C=O) groups excluding carboxylic acids is 1. The number of urea groups is 1. The number of hydrogen-bond donors (Lipinski definition) is 2. The Morgan fingerprint density at radius 1 is 1.21 bits per heavy atom. The highest BCUT2D eigenvalue weighted by molar-refractivity contribution is 5.94. The van der Waals surface area contributed by atoms with E-state index in [1.807, 2.05) is 36.4 Å². The minimum atomic E-state index is -0.563. The third kappa shape index (κ3) is 3.95. The van der Waals surface area contributed by atoms with Crippen LogP contribution in [-0.4, -0.2) is 27.5 Å². The second-order valence-corrected chi connectivity index (χ2v) is 10.1. The highest BCUT2D eigenvalue weighted by Gasteiger charge is 2.51. The van der Waals surface area contributed by atoms with Gasteiger partial charge in [-0.25, -0.2) is 9.79 Å². The molecule has 0 spiro atoms. The average molecular weight is 445 g/mol. The number of nitriles is 1. The van der Waals surface area contributed by atoms with Gasteiger partial charge >= 0.3 is 6.03 Å². The second kappa shape index (κ2) is 8.18. The third-order valence-electron chi connectivity index (χ3n) is 7.75. The van der Waals surface area contributed by atoms with E-state index >= 15 is 0 Å². The van der Waals surface area contributed by atoms with Gasteiger partial charge in [-0.1, -0.05) is 30.3 Å². The monoisotopic (exact) mass is 444 g/mol. The first-order valence-corrected chi connectivity index (χ1v) is 11.6. The maximum atomic E-state index is 12.8. The number of aromatic nitrogens is 1. The van der Waals surface area contributed by atoms with Crippen LogP contribution in [0.2, 0.25) is 0 Å². The summed E-state index contributed by atoms with van der Waals surface area (Å²) in [6.45, 7) is 1.70. The van der Waals surface area contributed by atoms with Gasteiger partial charge in [-0.15, -0.1) is 0 Å². The molecule has 1 heterocycles. The molecule has 0 atom stereocenters. The molecule has 0 aliphatic heterocycles. The molecule has 7 nitrogen and oxygen atoms in total. The summed E-state index contributed by atoms with van der Waals surface area (Å²) in [7, 11) is 0. The van der Waals surface area contributed by atoms with Crippen LogP contribution in [0.3, 0.4) is 0 Å². The first kappa shape index (κ1) is 21.4. The van der Waals surface area contributed by atoms with Crippen molar-refractivity contribution in [3.63, 3.8) is 0 Å². The van der Waals surface area contributed by atoms with Crippen LogP contribution in [0.5, 0.6) is 5.88 Å². The Bertz CT molecular complexity index is 1190. The van der Waals surface area contributed by atoms with Crippen molar-refractivity contribution in [2.24, 2.45) is 22.7 Å². The number of aromatic hydroxyl groups is 1. The highest BCUT2D eigenvalue weighted by atomic mass is 16.3. The Hall–Kier alpha value is -3.40. The van der Waals surface area contributed by atoms with Crippen LogP contribution in [0.25, 0.3) is 0 Å². The smallest absolute Gasteiger partial charge is 0.341 e. The van der Waals surface area contributed by atoms with Crippen molar-refractivity contribution in [2.45, 2.75) is 57.5 Å². The Balaban J connectivity index is 1.42. The van der Waals surface area contributed by atoms with Crippen LogP contribution >= 0.6 is 0 Å². The van der Waals surface area contributed by atoms with Crippen molar-refractivity contribution in [3.05, 3.63) is 62.9 Å². The molecule has 0 saturated heterocycles. The van der Waals surface area contributed by atoms with E-state index in [2.05, 4.69) is 10.3 Å². The third-order valence-corrected chi connectivity index (χ3v) is 7.75. The molecule has 1 aromatic heterocycles. The molecule has 4 aliphatic rings. The molecule has 4 bridgehead atoms. The lowest BCUT2D eigenvalue weighted by molar-refractivity contribution is -0.0129. The van der Waals surface area contributed by atoms with Crippen LogP contribution in [0.15, 0.2) is 40.1 Å². The van der Waals surface area contributed by atoms with Gasteiger partial charge in [0.2, 0.25) is 5.88 Å². The number of nitrogens with zero attached hydrogens (tertiary/aromatic N) is 3. The summed E-state index contributed by atoms with van der Waals surface area (Å²) < 4.78 is 1.15. The zero-order chi connectivity index (χ0) is 23.2. The van der Waals surface area contributed by atoms with Crippen molar-refractivity contribution in [1.82, 2.24) is 9.88 Å². The van der Waals surface area contributed by atoms with Gasteiger partial charge in [0.25, 0.3) is 5.56 Å². The Kier molecular flexibility index (Phi) is 5.32. The maximum absolute atomic E-state index is 12.8. The second-order valence-electron chi connectivity index (χ2n) is 10.1. The predicted molar refractivity (Wildman–Crippen MR) is 124 cm³/mol. The summed E-state index contributed by atoms with van der Waals surface area (Å²) in [5, 5.41) is 23.6. The van der Waals surface area contributed by atoms with E-state index < -0.39 is 11.6 Å². The van der Waals surface area contributed by atoms with Gasteiger partial charge < -0.3 is 10.4 Å². The van der Waals surface area contributed by atoms with Crippen LogP contribution < -0.4 is 10.9 Å². The fourth-order valence-electron chi connectivity index (χ4n) is 6.68. The van der Waals surface area contributed by atoms with E-state index in [4.69, 9.17) is 0 Å². The molecule has 0 radical (unpaired) electrons. The molecule has 4 fully saturated rings. The van der Waals surface area contributed by atoms with Gasteiger partial charge in [-0.3, -0.25) is 9.36 Å². The summed E-state index contributed by atoms with van der Waals surface area (Å²) >= 11 is 0. The molecule has 0 unspecified atom stereocenters. The Morgan fingerprint density at radius 2 is 1.82 bits per heavy atom. The largest absolute Gasteiger partial charge is 0.494 e. The van der Waals surface area contributed by atoms with Gasteiger partial charge in [-0.05, 0) is 74.3 Å². The van der Waals surface area contributed by atoms with E-state index in [1.165, 1.54) is 25.5 Å². The average Bonchev–Trinajstić information content (AvgIpc) is 2.76. The normalized spacial score (nSPS) is 27.6. The molecule has 1 aromatic carbocycles. The number of nitrogens with one attached hydrogen (secondary N) is 1. The van der Waals surface area contributed by atoms with E-state index in [1.54, 1.807) is 6.92 Å². The van der Waals surface area contributed by atoms with Gasteiger partial charge in [0.15, 0.2) is 0 Å². The number of aliphatic imine (C=N–C) groups is 1. The number of benzene rings is 1. The Morgan fingerprint density at radius 3 is 2.39 bits per heavy atom. The summed E-state index contributed by atoms with van der Waals surface area (Å²) in [6.07, 6.45) is 8.19. The number of amides is 2. The number of hydrogen-bond acceptors (Lipinski definition) is 4. The van der Waals surface area contributed by atoms with Crippen LogP contribution in [-0.2, 0) is 6.54 Å². The van der Waals surface area contributed by atoms with E-state index in [-0.39, 0.29) is 29.1 Å². The Labute approximate surface area is 192 Å². The quantitative estimate of drug-likeness (QED) is 0.698. The van der Waals surface area contributed by atoms with Gasteiger partial charge in [0.05, 0.1) is 12.1 Å². The maximum Gasteiger partial charge on any atom is 0.341 e. The lowest BCUT2D eigenvalue weighted by Gasteiger charge is -2.56. The van der Waals surface area contributed by atoms with Crippen LogP contribution in [0.4, 0.5) is 4.79 Å². The minimum Gasteiger partial charge on any atom is -0.494 e. The topological polar surface area (TPSA) is 107 Å². The molecular weight excluding hydrogens is 416 g/mol. The molecule has 7 heteroatoms. The molecule has 33 heavy (non-hydrogen) atoms. The van der Waals surface area contributed by atoms with Crippen LogP contribution in [0, 0.1) is 36.0 Å². The molecule has 6 rings (SSSR count). The van der Waals surface area contributed by atoms with Crippen molar-refractivity contribution >= 4 is 12.2 Å². The van der Waals surface area contributed by atoms with Crippen molar-refractivity contribution < 1.29 is 9.90 Å². The summed E-state index contributed by atoms with van der Waals surface area (Å²) in [4.78, 5) is 29.7. The predicted octanol–water partition coefficient (Wildman–Crippen LogP) is 3.88. The minimum absolute atomic E-state index is 0.0633. The van der Waals surface area contributed by atoms with E-state index in [9.17, 15) is 20.0 Å². The van der Waals surface area contributed by atoms with Gasteiger partial charge in [0.1, 0.15) is 11.6 Å². The molecule has 4 saturated carbocycles. The van der Waals surface area contributed by atoms with Gasteiger partial charge in [-0.2, -0.15) is 5.26 Å². The van der Waals surface area contributed by atoms with E-state index in [0.717, 1.165) is 29.4 Å². The van der Waals surface area contributed by atoms with Crippen molar-refractivity contribution in [1.29, 1.82) is 5.26 Å². The zero-order valence-electron chi connectivity index (χ0n) is 18.8. The first-order valence-electron chi connectivity index (χ1n) is 11.6. The molecule has 4 aliphatic carbocycles. The zero-order valence-corrected chi connectivity index (χ0v) is 18.8. The summed E-state index contributed by atoms with van der Waals surface area (Å²) in [5.74, 6) is 1.80.